The van der Waals surface area contributed by atoms with Crippen LogP contribution in [0, 0.1) is 10.1 Å². The molecular formula is C11H15N3O6. The number of hydrogen-bond acceptors (Lipinski definition) is 8. The lowest BCUT2D eigenvalue weighted by molar-refractivity contribution is -0.384. The number of aliphatic hydroxyl groups is 4. The fourth-order valence-corrected chi connectivity index (χ4v) is 1.27. The van der Waals surface area contributed by atoms with E-state index in [0.717, 1.165) is 6.21 Å². The Labute approximate surface area is 114 Å². The van der Waals surface area contributed by atoms with Gasteiger partial charge in [-0.15, -0.1) is 0 Å². The van der Waals surface area contributed by atoms with Crippen molar-refractivity contribution in [2.24, 2.45) is 5.10 Å². The van der Waals surface area contributed by atoms with Crippen LogP contribution in [-0.2, 0) is 0 Å². The highest BCUT2D eigenvalue weighted by Crippen LogP contribution is 2.15. The van der Waals surface area contributed by atoms with Crippen molar-refractivity contribution in [1.29, 1.82) is 0 Å². The third-order valence-electron chi connectivity index (χ3n) is 2.43. The molecule has 1 aromatic rings. The van der Waals surface area contributed by atoms with Crippen LogP contribution < -0.4 is 5.43 Å². The van der Waals surface area contributed by atoms with Gasteiger partial charge in [0.25, 0.3) is 5.69 Å². The maximum atomic E-state index is 10.4. The number of aliphatic hydroxyl groups excluding tert-OH is 4. The Bertz CT molecular complexity index is 464. The number of nitrogens with one attached hydrogen (secondary N) is 1. The molecule has 3 atom stereocenters. The molecule has 9 heteroatoms. The number of anilines is 1. The molecule has 0 unspecified atom stereocenters. The first-order chi connectivity index (χ1) is 9.45. The van der Waals surface area contributed by atoms with E-state index in [0.29, 0.717) is 5.69 Å². The van der Waals surface area contributed by atoms with E-state index in [1.54, 1.807) is 0 Å². The van der Waals surface area contributed by atoms with E-state index in [9.17, 15) is 20.3 Å². The first kappa shape index (κ1) is 16.0. The highest BCUT2D eigenvalue weighted by atomic mass is 16.6. The summed E-state index contributed by atoms with van der Waals surface area (Å²) in [4.78, 5) is 9.90. The molecule has 5 N–H and O–H groups in total. The van der Waals surface area contributed by atoms with Gasteiger partial charge in [0.2, 0.25) is 0 Å². The summed E-state index contributed by atoms with van der Waals surface area (Å²) < 4.78 is 0. The molecule has 0 radical (unpaired) electrons. The predicted octanol–water partition coefficient (Wildman–Crippen LogP) is -0.933. The smallest absolute Gasteiger partial charge is 0.269 e. The topological polar surface area (TPSA) is 148 Å². The van der Waals surface area contributed by atoms with Gasteiger partial charge in [-0.25, -0.2) is 0 Å². The molecular weight excluding hydrogens is 270 g/mol. The molecule has 0 aliphatic heterocycles. The van der Waals surface area contributed by atoms with Gasteiger partial charge in [-0.1, -0.05) is 0 Å². The Kier molecular flexibility index (Phi) is 6.00. The van der Waals surface area contributed by atoms with E-state index in [1.807, 2.05) is 0 Å². The van der Waals surface area contributed by atoms with Gasteiger partial charge in [0.1, 0.15) is 18.3 Å². The number of nitro benzene ring substituents is 1. The molecule has 0 heterocycles. The summed E-state index contributed by atoms with van der Waals surface area (Å²) in [7, 11) is 0. The quantitative estimate of drug-likeness (QED) is 0.247. The molecule has 0 saturated heterocycles. The minimum absolute atomic E-state index is 0.0685. The molecule has 0 aliphatic carbocycles. The number of rotatable bonds is 7. The van der Waals surface area contributed by atoms with Crippen molar-refractivity contribution in [2.75, 3.05) is 12.0 Å². The number of nitro groups is 1. The first-order valence-electron chi connectivity index (χ1n) is 5.64. The van der Waals surface area contributed by atoms with E-state index < -0.39 is 29.8 Å². The van der Waals surface area contributed by atoms with Crippen molar-refractivity contribution >= 4 is 17.6 Å². The molecule has 0 aromatic heterocycles. The average Bonchev–Trinajstić information content (AvgIpc) is 2.45. The molecule has 0 fully saturated rings. The fraction of sp³-hybridized carbons (Fsp3) is 0.364. The minimum atomic E-state index is -1.57. The molecule has 0 spiro atoms. The standard InChI is InChI=1S/C11H15N3O6/c15-6-10(17)11(18)9(16)5-12-13-7-1-3-8(4-2-7)14(19)20/h1-5,9-11,13,15-18H,6H2/b12-5-/t9-,10-,11-/m1/s1. The van der Waals surface area contributed by atoms with Gasteiger partial charge >= 0.3 is 0 Å². The van der Waals surface area contributed by atoms with Crippen molar-refractivity contribution < 1.29 is 25.3 Å². The largest absolute Gasteiger partial charge is 0.394 e. The number of non-ortho nitro benzene ring substituents is 1. The van der Waals surface area contributed by atoms with Gasteiger partial charge < -0.3 is 20.4 Å². The van der Waals surface area contributed by atoms with E-state index >= 15 is 0 Å². The molecule has 0 aliphatic rings. The van der Waals surface area contributed by atoms with Crippen molar-refractivity contribution in [3.63, 3.8) is 0 Å². The number of nitrogens with zero attached hydrogens (tertiary/aromatic N) is 2. The molecule has 9 nitrogen and oxygen atoms in total. The highest BCUT2D eigenvalue weighted by molar-refractivity contribution is 5.65. The fourth-order valence-electron chi connectivity index (χ4n) is 1.27. The van der Waals surface area contributed by atoms with Gasteiger partial charge in [-0.3, -0.25) is 15.5 Å². The van der Waals surface area contributed by atoms with Crippen LogP contribution in [0.4, 0.5) is 11.4 Å². The van der Waals surface area contributed by atoms with Crippen LogP contribution >= 0.6 is 0 Å². The molecule has 110 valence electrons. The molecule has 0 saturated carbocycles. The Morgan fingerprint density at radius 3 is 2.40 bits per heavy atom. The third kappa shape index (κ3) is 4.55. The lowest BCUT2D eigenvalue weighted by Gasteiger charge is -2.18. The SMILES string of the molecule is O=[N+]([O-])c1ccc(N/N=C\[C@@H](O)[C@@H](O)[C@H](O)CO)cc1. The summed E-state index contributed by atoms with van der Waals surface area (Å²) >= 11 is 0. The monoisotopic (exact) mass is 285 g/mol. The van der Waals surface area contributed by atoms with Crippen LogP contribution in [0.3, 0.4) is 0 Å². The van der Waals surface area contributed by atoms with Crippen LogP contribution in [0.5, 0.6) is 0 Å². The average molecular weight is 285 g/mol. The summed E-state index contributed by atoms with van der Waals surface area (Å²) in [5.41, 5.74) is 2.86. The molecule has 1 aromatic carbocycles. The maximum absolute atomic E-state index is 10.4. The van der Waals surface area contributed by atoms with Crippen LogP contribution in [0.1, 0.15) is 0 Å². The minimum Gasteiger partial charge on any atom is -0.394 e. The van der Waals surface area contributed by atoms with Crippen molar-refractivity contribution in [3.05, 3.63) is 34.4 Å². The first-order valence-corrected chi connectivity index (χ1v) is 5.64. The lowest BCUT2D eigenvalue weighted by atomic mass is 10.1. The number of hydrazone groups is 1. The van der Waals surface area contributed by atoms with Crippen LogP contribution in [0.15, 0.2) is 29.4 Å². The van der Waals surface area contributed by atoms with Crippen molar-refractivity contribution in [1.82, 2.24) is 0 Å². The van der Waals surface area contributed by atoms with Crippen LogP contribution in [0.2, 0.25) is 0 Å². The van der Waals surface area contributed by atoms with E-state index in [-0.39, 0.29) is 5.69 Å². The lowest BCUT2D eigenvalue weighted by Crippen LogP contribution is -2.40. The summed E-state index contributed by atoms with van der Waals surface area (Å²) in [5.74, 6) is 0. The van der Waals surface area contributed by atoms with Gasteiger partial charge in [0.15, 0.2) is 0 Å². The van der Waals surface area contributed by atoms with Crippen molar-refractivity contribution in [3.8, 4) is 0 Å². The zero-order chi connectivity index (χ0) is 15.1. The van der Waals surface area contributed by atoms with E-state index in [4.69, 9.17) is 10.2 Å². The zero-order valence-electron chi connectivity index (χ0n) is 10.3. The summed E-state index contributed by atoms with van der Waals surface area (Å²) in [6.45, 7) is -0.693. The molecule has 20 heavy (non-hydrogen) atoms. The maximum Gasteiger partial charge on any atom is 0.269 e. The number of benzene rings is 1. The Morgan fingerprint density at radius 2 is 1.90 bits per heavy atom. The zero-order valence-corrected chi connectivity index (χ0v) is 10.3. The summed E-state index contributed by atoms with van der Waals surface area (Å²) in [6.07, 6.45) is -3.58. The Hall–Kier alpha value is -2.07. The second kappa shape index (κ2) is 7.50. The molecule has 1 rings (SSSR count). The summed E-state index contributed by atoms with van der Waals surface area (Å²) in [5, 5.41) is 50.5. The number of hydrogen-bond donors (Lipinski definition) is 5. The Morgan fingerprint density at radius 1 is 1.30 bits per heavy atom. The predicted molar refractivity (Wildman–Crippen MR) is 70.3 cm³/mol. The van der Waals surface area contributed by atoms with Crippen LogP contribution in [0.25, 0.3) is 0 Å². The normalized spacial score (nSPS) is 15.8. The van der Waals surface area contributed by atoms with Crippen molar-refractivity contribution in [2.45, 2.75) is 18.3 Å². The second-order valence-corrected chi connectivity index (χ2v) is 3.93. The molecule has 0 amide bonds. The highest BCUT2D eigenvalue weighted by Gasteiger charge is 2.22. The second-order valence-electron chi connectivity index (χ2n) is 3.93. The molecule has 0 bridgehead atoms. The van der Waals surface area contributed by atoms with Crippen LogP contribution in [-0.4, -0.2) is 56.5 Å². The Balaban J connectivity index is 2.53. The van der Waals surface area contributed by atoms with E-state index in [2.05, 4.69) is 10.5 Å². The van der Waals surface area contributed by atoms with Gasteiger partial charge in [0.05, 0.1) is 23.4 Å². The summed E-state index contributed by atoms with van der Waals surface area (Å²) in [6, 6.07) is 5.39. The van der Waals surface area contributed by atoms with Gasteiger partial charge in [-0.05, 0) is 12.1 Å². The third-order valence-corrected chi connectivity index (χ3v) is 2.43. The van der Waals surface area contributed by atoms with Gasteiger partial charge in [0, 0.05) is 12.1 Å². The van der Waals surface area contributed by atoms with Gasteiger partial charge in [-0.2, -0.15) is 5.10 Å². The van der Waals surface area contributed by atoms with E-state index in [1.165, 1.54) is 24.3 Å².